The molecule has 1 aliphatic rings. The molecular formula is C20H14FN2+. The first kappa shape index (κ1) is 12.6. The molecule has 0 spiro atoms. The zero-order chi connectivity index (χ0) is 15.4. The first-order valence-corrected chi connectivity index (χ1v) is 7.70. The van der Waals surface area contributed by atoms with Crippen LogP contribution < -0.4 is 4.57 Å². The molecule has 0 amide bonds. The lowest BCUT2D eigenvalue weighted by Crippen LogP contribution is -2.31. The van der Waals surface area contributed by atoms with Gasteiger partial charge in [-0.25, -0.2) is 8.96 Å². The third-order valence-corrected chi connectivity index (χ3v) is 4.53. The fourth-order valence-corrected chi connectivity index (χ4v) is 3.58. The summed E-state index contributed by atoms with van der Waals surface area (Å²) in [6, 6.07) is 23.8. The zero-order valence-electron chi connectivity index (χ0n) is 12.4. The van der Waals surface area contributed by atoms with Crippen molar-refractivity contribution in [3.63, 3.8) is 0 Å². The van der Waals surface area contributed by atoms with E-state index in [0.717, 1.165) is 22.6 Å². The quantitative estimate of drug-likeness (QED) is 0.412. The summed E-state index contributed by atoms with van der Waals surface area (Å²) >= 11 is 0. The van der Waals surface area contributed by atoms with Crippen molar-refractivity contribution in [3.8, 4) is 17.1 Å². The number of benzene rings is 3. The number of hydrogen-bond acceptors (Lipinski definition) is 0. The van der Waals surface area contributed by atoms with E-state index < -0.39 is 0 Å². The number of para-hydroxylation sites is 3. The second-order valence-electron chi connectivity index (χ2n) is 5.87. The van der Waals surface area contributed by atoms with Gasteiger partial charge in [0.25, 0.3) is 5.82 Å². The van der Waals surface area contributed by atoms with Crippen LogP contribution in [0, 0.1) is 5.82 Å². The van der Waals surface area contributed by atoms with Gasteiger partial charge in [-0.1, -0.05) is 30.3 Å². The van der Waals surface area contributed by atoms with Crippen molar-refractivity contribution in [2.24, 2.45) is 0 Å². The van der Waals surface area contributed by atoms with Crippen molar-refractivity contribution < 1.29 is 8.96 Å². The number of hydrogen-bond donors (Lipinski definition) is 0. The van der Waals surface area contributed by atoms with Crippen LogP contribution in [0.15, 0.2) is 72.8 Å². The first-order valence-electron chi connectivity index (χ1n) is 7.70. The minimum Gasteiger partial charge on any atom is -0.218 e. The molecule has 2 heterocycles. The van der Waals surface area contributed by atoms with Gasteiger partial charge in [-0.05, 0) is 42.5 Å². The molecule has 1 aliphatic heterocycles. The molecule has 0 saturated heterocycles. The Morgan fingerprint density at radius 2 is 1.65 bits per heavy atom. The van der Waals surface area contributed by atoms with Gasteiger partial charge in [-0.2, -0.15) is 4.57 Å². The number of fused-ring (bicyclic) bond motifs is 5. The van der Waals surface area contributed by atoms with Crippen molar-refractivity contribution in [2.75, 3.05) is 0 Å². The van der Waals surface area contributed by atoms with E-state index in [1.165, 1.54) is 11.0 Å². The third kappa shape index (κ3) is 1.70. The average Bonchev–Trinajstić information content (AvgIpc) is 3.09. The summed E-state index contributed by atoms with van der Waals surface area (Å²) in [5, 5.41) is 0. The fraction of sp³-hybridized carbons (Fsp3) is 0.0500. The average molecular weight is 301 g/mol. The molecule has 3 aromatic carbocycles. The summed E-state index contributed by atoms with van der Waals surface area (Å²) in [5.41, 5.74) is 5.60. The second-order valence-corrected chi connectivity index (χ2v) is 5.87. The van der Waals surface area contributed by atoms with Crippen LogP contribution >= 0.6 is 0 Å². The van der Waals surface area contributed by atoms with Gasteiger partial charge in [-0.15, -0.1) is 0 Å². The SMILES string of the molecule is Fc1ccc2c(c1)C[n+]1c-2n(-c2ccccc2)c2ccccc21. The summed E-state index contributed by atoms with van der Waals surface area (Å²) in [5.74, 6) is 0.942. The van der Waals surface area contributed by atoms with Crippen LogP contribution in [0.1, 0.15) is 5.56 Å². The number of halogens is 1. The van der Waals surface area contributed by atoms with Gasteiger partial charge >= 0.3 is 0 Å². The molecule has 0 unspecified atom stereocenters. The Morgan fingerprint density at radius 3 is 2.52 bits per heavy atom. The van der Waals surface area contributed by atoms with E-state index in [1.807, 2.05) is 24.3 Å². The van der Waals surface area contributed by atoms with Crippen LogP contribution in [-0.2, 0) is 6.54 Å². The lowest BCUT2D eigenvalue weighted by molar-refractivity contribution is -0.645. The van der Waals surface area contributed by atoms with Crippen LogP contribution in [0.3, 0.4) is 0 Å². The van der Waals surface area contributed by atoms with Gasteiger partial charge in [0.15, 0.2) is 11.0 Å². The maximum atomic E-state index is 13.6. The van der Waals surface area contributed by atoms with E-state index in [2.05, 4.69) is 45.5 Å². The summed E-state index contributed by atoms with van der Waals surface area (Å²) in [7, 11) is 0. The maximum Gasteiger partial charge on any atom is 0.295 e. The van der Waals surface area contributed by atoms with Gasteiger partial charge in [0.1, 0.15) is 18.0 Å². The van der Waals surface area contributed by atoms with Gasteiger partial charge < -0.3 is 0 Å². The van der Waals surface area contributed by atoms with E-state index in [4.69, 9.17) is 0 Å². The molecule has 0 fully saturated rings. The van der Waals surface area contributed by atoms with Crippen LogP contribution in [0.4, 0.5) is 4.39 Å². The Hall–Kier alpha value is -2.94. The Kier molecular flexibility index (Phi) is 2.48. The molecule has 0 aliphatic carbocycles. The molecule has 1 aromatic heterocycles. The van der Waals surface area contributed by atoms with Crippen LogP contribution in [-0.4, -0.2) is 4.57 Å². The topological polar surface area (TPSA) is 8.81 Å². The van der Waals surface area contributed by atoms with Crippen LogP contribution in [0.25, 0.3) is 28.1 Å². The molecule has 0 bridgehead atoms. The Bertz CT molecular complexity index is 1050. The highest BCUT2D eigenvalue weighted by molar-refractivity contribution is 5.80. The first-order chi connectivity index (χ1) is 11.3. The highest BCUT2D eigenvalue weighted by Crippen LogP contribution is 2.33. The van der Waals surface area contributed by atoms with Crippen LogP contribution in [0.2, 0.25) is 0 Å². The summed E-state index contributed by atoms with van der Waals surface area (Å²) in [6.45, 7) is 0.711. The highest BCUT2D eigenvalue weighted by atomic mass is 19.1. The molecule has 0 N–H and O–H groups in total. The van der Waals surface area contributed by atoms with Gasteiger partial charge in [0, 0.05) is 5.56 Å². The zero-order valence-corrected chi connectivity index (χ0v) is 12.4. The maximum absolute atomic E-state index is 13.6. The van der Waals surface area contributed by atoms with Gasteiger partial charge in [0.05, 0.1) is 5.56 Å². The lowest BCUT2D eigenvalue weighted by Gasteiger charge is -2.02. The monoisotopic (exact) mass is 301 g/mol. The van der Waals surface area contributed by atoms with E-state index in [0.29, 0.717) is 6.54 Å². The number of aromatic nitrogens is 2. The third-order valence-electron chi connectivity index (χ3n) is 4.53. The standard InChI is InChI=1S/C20H14FN2/c21-15-10-11-17-14(12-15)13-22-18-8-4-5-9-19(18)23(20(17)22)16-6-2-1-3-7-16/h1-12H,13H2/q+1. The number of nitrogens with zero attached hydrogens (tertiary/aromatic N) is 2. The van der Waals surface area contributed by atoms with E-state index >= 15 is 0 Å². The molecule has 0 atom stereocenters. The fourth-order valence-electron chi connectivity index (χ4n) is 3.58. The lowest BCUT2D eigenvalue weighted by atomic mass is 10.1. The van der Waals surface area contributed by atoms with Crippen molar-refractivity contribution in [3.05, 3.63) is 84.2 Å². The van der Waals surface area contributed by atoms with Crippen molar-refractivity contribution in [1.29, 1.82) is 0 Å². The normalized spacial score (nSPS) is 12.4. The smallest absolute Gasteiger partial charge is 0.218 e. The summed E-state index contributed by atoms with van der Waals surface area (Å²) in [4.78, 5) is 0. The Morgan fingerprint density at radius 1 is 0.870 bits per heavy atom. The van der Waals surface area contributed by atoms with Gasteiger partial charge in [-0.3, -0.25) is 0 Å². The van der Waals surface area contributed by atoms with E-state index in [1.54, 1.807) is 12.1 Å². The molecule has 110 valence electrons. The summed E-state index contributed by atoms with van der Waals surface area (Å²) < 4.78 is 18.1. The van der Waals surface area contributed by atoms with Gasteiger partial charge in [0.2, 0.25) is 0 Å². The van der Waals surface area contributed by atoms with E-state index in [-0.39, 0.29) is 5.82 Å². The number of imidazole rings is 1. The predicted molar refractivity (Wildman–Crippen MR) is 88.0 cm³/mol. The minimum absolute atomic E-state index is 0.176. The Labute approximate surface area is 133 Å². The summed E-state index contributed by atoms with van der Waals surface area (Å²) in [6.07, 6.45) is 0. The molecule has 2 nitrogen and oxygen atoms in total. The minimum atomic E-state index is -0.176. The molecule has 5 rings (SSSR count). The highest BCUT2D eigenvalue weighted by Gasteiger charge is 2.34. The number of rotatable bonds is 1. The second kappa shape index (κ2) is 4.53. The Balaban J connectivity index is 1.92. The molecule has 23 heavy (non-hydrogen) atoms. The molecular weight excluding hydrogens is 287 g/mol. The van der Waals surface area contributed by atoms with Crippen molar-refractivity contribution in [1.82, 2.24) is 4.57 Å². The molecule has 0 saturated carbocycles. The van der Waals surface area contributed by atoms with Crippen LogP contribution in [0.5, 0.6) is 0 Å². The van der Waals surface area contributed by atoms with E-state index in [9.17, 15) is 4.39 Å². The van der Waals surface area contributed by atoms with Crippen molar-refractivity contribution in [2.45, 2.75) is 6.54 Å². The largest absolute Gasteiger partial charge is 0.295 e. The van der Waals surface area contributed by atoms with Crippen molar-refractivity contribution >= 4 is 11.0 Å². The molecule has 0 radical (unpaired) electrons. The molecule has 4 aromatic rings. The predicted octanol–water partition coefficient (Wildman–Crippen LogP) is 4.09. The molecule has 3 heteroatoms.